The molecule has 1 aliphatic carbocycles. The first-order valence-corrected chi connectivity index (χ1v) is 6.00. The van der Waals surface area contributed by atoms with Gasteiger partial charge in [-0.1, -0.05) is 11.2 Å². The van der Waals surface area contributed by atoms with Crippen LogP contribution in [0.5, 0.6) is 0 Å². The molecule has 1 saturated carbocycles. The topological polar surface area (TPSA) is 52.0 Å². The molecule has 2 heterocycles. The van der Waals surface area contributed by atoms with Crippen LogP contribution in [0.4, 0.5) is 5.88 Å². The van der Waals surface area contributed by atoms with Crippen LogP contribution < -0.4 is 5.73 Å². The van der Waals surface area contributed by atoms with Crippen molar-refractivity contribution in [2.24, 2.45) is 5.92 Å². The smallest absolute Gasteiger partial charge is 0.231 e. The second kappa shape index (κ2) is 3.38. The van der Waals surface area contributed by atoms with Crippen LogP contribution in [0.3, 0.4) is 0 Å². The van der Waals surface area contributed by atoms with Gasteiger partial charge in [-0.05, 0) is 36.6 Å². The fraction of sp³-hybridized carbons (Fsp3) is 0.364. The summed E-state index contributed by atoms with van der Waals surface area (Å²) in [4.78, 5) is 1.16. The number of rotatable bonds is 3. The van der Waals surface area contributed by atoms with Gasteiger partial charge in [-0.2, -0.15) is 0 Å². The summed E-state index contributed by atoms with van der Waals surface area (Å²) < 4.78 is 5.08. The zero-order valence-electron chi connectivity index (χ0n) is 8.27. The van der Waals surface area contributed by atoms with Crippen molar-refractivity contribution in [1.82, 2.24) is 5.16 Å². The molecule has 0 radical (unpaired) electrons. The van der Waals surface area contributed by atoms with Crippen LogP contribution in [0, 0.1) is 5.92 Å². The highest BCUT2D eigenvalue weighted by molar-refractivity contribution is 7.13. The standard InChI is InChI=1S/C11H12N2OS/c12-11-10(9-2-1-5-15-9)8(13-14-11)6-7-3-4-7/h1-2,5,7H,3-4,6,12H2. The molecular weight excluding hydrogens is 208 g/mol. The fourth-order valence-corrected chi connectivity index (χ4v) is 2.55. The summed E-state index contributed by atoms with van der Waals surface area (Å²) in [6.45, 7) is 0. The quantitative estimate of drug-likeness (QED) is 0.865. The van der Waals surface area contributed by atoms with Crippen molar-refractivity contribution in [3.63, 3.8) is 0 Å². The number of nitrogen functional groups attached to an aromatic ring is 1. The Bertz CT molecular complexity index is 457. The highest BCUT2D eigenvalue weighted by Gasteiger charge is 2.26. The van der Waals surface area contributed by atoms with Gasteiger partial charge in [0.05, 0.1) is 11.3 Å². The SMILES string of the molecule is Nc1onc(CC2CC2)c1-c1cccs1. The number of nitrogens with two attached hydrogens (primary N) is 1. The lowest BCUT2D eigenvalue weighted by Gasteiger charge is -1.97. The minimum Gasteiger partial charge on any atom is -0.367 e. The third-order valence-electron chi connectivity index (χ3n) is 2.74. The summed E-state index contributed by atoms with van der Waals surface area (Å²) >= 11 is 1.68. The van der Waals surface area contributed by atoms with Crippen molar-refractivity contribution in [2.75, 3.05) is 5.73 Å². The maximum absolute atomic E-state index is 5.81. The van der Waals surface area contributed by atoms with E-state index in [9.17, 15) is 0 Å². The number of nitrogens with zero attached hydrogens (tertiary/aromatic N) is 1. The molecule has 0 bridgehead atoms. The summed E-state index contributed by atoms with van der Waals surface area (Å²) in [5.41, 5.74) is 7.84. The van der Waals surface area contributed by atoms with E-state index in [-0.39, 0.29) is 0 Å². The van der Waals surface area contributed by atoms with E-state index >= 15 is 0 Å². The number of hydrogen-bond donors (Lipinski definition) is 1. The van der Waals surface area contributed by atoms with Gasteiger partial charge < -0.3 is 10.3 Å². The Kier molecular flexibility index (Phi) is 2.02. The summed E-state index contributed by atoms with van der Waals surface area (Å²) in [5.74, 6) is 1.25. The van der Waals surface area contributed by atoms with E-state index in [4.69, 9.17) is 10.3 Å². The first-order chi connectivity index (χ1) is 7.34. The molecule has 1 fully saturated rings. The average Bonchev–Trinajstić information content (AvgIpc) is 2.74. The molecule has 2 aromatic rings. The second-order valence-corrected chi connectivity index (χ2v) is 4.94. The number of thiophene rings is 1. The van der Waals surface area contributed by atoms with Crippen molar-refractivity contribution in [3.8, 4) is 10.4 Å². The maximum atomic E-state index is 5.81. The predicted octanol–water partition coefficient (Wildman–Crippen LogP) is 2.94. The van der Waals surface area contributed by atoms with E-state index < -0.39 is 0 Å². The van der Waals surface area contributed by atoms with Crippen LogP contribution >= 0.6 is 11.3 Å². The largest absolute Gasteiger partial charge is 0.367 e. The van der Waals surface area contributed by atoms with Crippen LogP contribution in [0.2, 0.25) is 0 Å². The first-order valence-electron chi connectivity index (χ1n) is 5.12. The lowest BCUT2D eigenvalue weighted by Crippen LogP contribution is -1.91. The van der Waals surface area contributed by atoms with Gasteiger partial charge in [-0.3, -0.25) is 0 Å². The molecule has 3 nitrogen and oxygen atoms in total. The molecule has 4 heteroatoms. The summed E-state index contributed by atoms with van der Waals surface area (Å²) in [6.07, 6.45) is 3.64. The van der Waals surface area contributed by atoms with Gasteiger partial charge >= 0.3 is 0 Å². The van der Waals surface area contributed by atoms with Gasteiger partial charge in [0.2, 0.25) is 5.88 Å². The van der Waals surface area contributed by atoms with Crippen LogP contribution in [-0.4, -0.2) is 5.16 Å². The molecule has 3 rings (SSSR count). The lowest BCUT2D eigenvalue weighted by atomic mass is 10.1. The van der Waals surface area contributed by atoms with E-state index in [2.05, 4.69) is 11.2 Å². The van der Waals surface area contributed by atoms with Crippen molar-refractivity contribution in [3.05, 3.63) is 23.2 Å². The lowest BCUT2D eigenvalue weighted by molar-refractivity contribution is 0.426. The molecule has 1 aliphatic rings. The van der Waals surface area contributed by atoms with Gasteiger partial charge in [0.25, 0.3) is 0 Å². The van der Waals surface area contributed by atoms with E-state index in [1.165, 1.54) is 12.8 Å². The predicted molar refractivity (Wildman–Crippen MR) is 60.7 cm³/mol. The number of hydrogen-bond acceptors (Lipinski definition) is 4. The zero-order chi connectivity index (χ0) is 10.3. The molecule has 0 atom stereocenters. The number of anilines is 1. The van der Waals surface area contributed by atoms with Crippen molar-refractivity contribution < 1.29 is 4.52 Å². The van der Waals surface area contributed by atoms with Gasteiger partial charge in [-0.15, -0.1) is 11.3 Å². The Balaban J connectivity index is 2.00. The van der Waals surface area contributed by atoms with Gasteiger partial charge in [0.15, 0.2) is 0 Å². The second-order valence-electron chi connectivity index (χ2n) is 3.99. The van der Waals surface area contributed by atoms with E-state index in [0.29, 0.717) is 5.88 Å². The van der Waals surface area contributed by atoms with E-state index in [1.54, 1.807) is 11.3 Å². The minimum absolute atomic E-state index is 0.452. The molecule has 78 valence electrons. The highest BCUT2D eigenvalue weighted by Crippen LogP contribution is 2.38. The highest BCUT2D eigenvalue weighted by atomic mass is 32.1. The van der Waals surface area contributed by atoms with E-state index in [1.807, 2.05) is 11.4 Å². The van der Waals surface area contributed by atoms with Gasteiger partial charge in [-0.25, -0.2) is 0 Å². The van der Waals surface area contributed by atoms with Crippen LogP contribution in [-0.2, 0) is 6.42 Å². The third kappa shape index (κ3) is 1.65. The Morgan fingerprint density at radius 1 is 1.53 bits per heavy atom. The summed E-state index contributed by atoms with van der Waals surface area (Å²) in [6, 6.07) is 4.08. The zero-order valence-corrected chi connectivity index (χ0v) is 9.09. The average molecular weight is 220 g/mol. The maximum Gasteiger partial charge on any atom is 0.231 e. The summed E-state index contributed by atoms with van der Waals surface area (Å²) in [5, 5.41) is 6.10. The molecule has 0 spiro atoms. The van der Waals surface area contributed by atoms with Crippen molar-refractivity contribution >= 4 is 17.2 Å². The molecule has 15 heavy (non-hydrogen) atoms. The molecular formula is C11H12N2OS. The monoisotopic (exact) mass is 220 g/mol. The van der Waals surface area contributed by atoms with Crippen molar-refractivity contribution in [2.45, 2.75) is 19.3 Å². The van der Waals surface area contributed by atoms with Crippen molar-refractivity contribution in [1.29, 1.82) is 0 Å². The van der Waals surface area contributed by atoms with Crippen LogP contribution in [0.1, 0.15) is 18.5 Å². The summed E-state index contributed by atoms with van der Waals surface area (Å²) in [7, 11) is 0. The first kappa shape index (κ1) is 8.97. The van der Waals surface area contributed by atoms with Crippen LogP contribution in [0.25, 0.3) is 10.4 Å². The van der Waals surface area contributed by atoms with Gasteiger partial charge in [0, 0.05) is 4.88 Å². The van der Waals surface area contributed by atoms with E-state index in [0.717, 1.165) is 28.5 Å². The molecule has 0 aromatic carbocycles. The third-order valence-corrected chi connectivity index (χ3v) is 3.62. The Morgan fingerprint density at radius 2 is 2.40 bits per heavy atom. The Morgan fingerprint density at radius 3 is 3.07 bits per heavy atom. The normalized spacial score (nSPS) is 15.7. The Labute approximate surface area is 91.9 Å². The molecule has 0 aliphatic heterocycles. The molecule has 2 N–H and O–H groups in total. The Hall–Kier alpha value is -1.29. The molecule has 0 amide bonds. The fourth-order valence-electron chi connectivity index (χ4n) is 1.76. The number of aromatic nitrogens is 1. The van der Waals surface area contributed by atoms with Gasteiger partial charge in [0.1, 0.15) is 0 Å². The molecule has 0 saturated heterocycles. The van der Waals surface area contributed by atoms with Crippen LogP contribution in [0.15, 0.2) is 22.0 Å². The molecule has 0 unspecified atom stereocenters. The molecule has 2 aromatic heterocycles. The minimum atomic E-state index is 0.452.